The van der Waals surface area contributed by atoms with E-state index in [9.17, 15) is 0 Å². The average Bonchev–Trinajstić information content (AvgIpc) is 2.56. The van der Waals surface area contributed by atoms with Gasteiger partial charge in [0.25, 0.3) is 0 Å². The summed E-state index contributed by atoms with van der Waals surface area (Å²) in [7, 11) is 4.54. The molecule has 0 aliphatic heterocycles. The van der Waals surface area contributed by atoms with Crippen LogP contribution in [0, 0.1) is 6.92 Å². The molecule has 0 aromatic heterocycles. The molecule has 0 amide bonds. The maximum atomic E-state index is 6.28. The minimum absolute atomic E-state index is 0. The van der Waals surface area contributed by atoms with E-state index in [0.29, 0.717) is 5.92 Å². The number of ether oxygens (including phenoxy) is 1. The van der Waals surface area contributed by atoms with Gasteiger partial charge in [0, 0.05) is 21.5 Å². The Kier molecular flexibility index (Phi) is 9.64. The van der Waals surface area contributed by atoms with Gasteiger partial charge >= 0.3 is 0 Å². The number of aryl methyl sites for hydroxylation is 1. The maximum absolute atomic E-state index is 6.28. The highest BCUT2D eigenvalue weighted by molar-refractivity contribution is 9.10. The standard InChI is InChI=1S/C22H30BrClNO.ClH/c1-16(2)20-14-21(24)17(3)13-22(20)26-12-6-11-25(4,5)15-18-7-9-19(23)10-8-18;/h7-10,13-14,16H,6,11-12,15H2,1-5H3;1H/q+1;/p-1. The summed E-state index contributed by atoms with van der Waals surface area (Å²) in [6.45, 7) is 9.18. The van der Waals surface area contributed by atoms with Gasteiger partial charge in [0.05, 0.1) is 27.2 Å². The monoisotopic (exact) mass is 473 g/mol. The molecule has 0 heterocycles. The zero-order chi connectivity index (χ0) is 19.3. The quantitative estimate of drug-likeness (QED) is 0.419. The van der Waals surface area contributed by atoms with Crippen LogP contribution in [0.25, 0.3) is 0 Å². The molecule has 5 heteroatoms. The van der Waals surface area contributed by atoms with Crippen LogP contribution in [0.1, 0.15) is 42.9 Å². The predicted molar refractivity (Wildman–Crippen MR) is 115 cm³/mol. The second-order valence-corrected chi connectivity index (χ2v) is 9.26. The first-order valence-corrected chi connectivity index (χ1v) is 10.3. The van der Waals surface area contributed by atoms with Crippen molar-refractivity contribution in [3.05, 3.63) is 62.6 Å². The highest BCUT2D eigenvalue weighted by Crippen LogP contribution is 2.32. The molecule has 0 aliphatic carbocycles. The third-order valence-electron chi connectivity index (χ3n) is 4.60. The van der Waals surface area contributed by atoms with E-state index in [0.717, 1.165) is 51.4 Å². The van der Waals surface area contributed by atoms with Gasteiger partial charge in [0.2, 0.25) is 0 Å². The molecule has 150 valence electrons. The molecule has 0 spiro atoms. The van der Waals surface area contributed by atoms with E-state index in [4.69, 9.17) is 16.3 Å². The van der Waals surface area contributed by atoms with Gasteiger partial charge in [-0.25, -0.2) is 0 Å². The lowest BCUT2D eigenvalue weighted by Gasteiger charge is -2.30. The van der Waals surface area contributed by atoms with Crippen LogP contribution in [0.3, 0.4) is 0 Å². The molecule has 0 fully saturated rings. The lowest BCUT2D eigenvalue weighted by atomic mass is 10.0. The Balaban J connectivity index is 0.00000364. The maximum Gasteiger partial charge on any atom is 0.123 e. The van der Waals surface area contributed by atoms with E-state index in [1.807, 2.05) is 13.0 Å². The van der Waals surface area contributed by atoms with Gasteiger partial charge in [-0.3, -0.25) is 0 Å². The minimum Gasteiger partial charge on any atom is -1.00 e. The highest BCUT2D eigenvalue weighted by atomic mass is 79.9. The second-order valence-electron chi connectivity index (χ2n) is 7.94. The summed E-state index contributed by atoms with van der Waals surface area (Å²) in [5.74, 6) is 1.37. The number of hydrogen-bond donors (Lipinski definition) is 0. The first kappa shape index (κ1) is 24.3. The summed E-state index contributed by atoms with van der Waals surface area (Å²) in [6.07, 6.45) is 1.02. The number of halogens is 3. The molecular weight excluding hydrogens is 445 g/mol. The van der Waals surface area contributed by atoms with Crippen molar-refractivity contribution in [3.63, 3.8) is 0 Å². The van der Waals surface area contributed by atoms with E-state index in [1.165, 1.54) is 11.1 Å². The fourth-order valence-electron chi connectivity index (χ4n) is 3.08. The summed E-state index contributed by atoms with van der Waals surface area (Å²) in [4.78, 5) is 0. The van der Waals surface area contributed by atoms with Gasteiger partial charge in [-0.15, -0.1) is 0 Å². The predicted octanol–water partition coefficient (Wildman–Crippen LogP) is 3.58. The molecule has 0 N–H and O–H groups in total. The van der Waals surface area contributed by atoms with Gasteiger partial charge in [-0.1, -0.05) is 53.5 Å². The lowest BCUT2D eigenvalue weighted by Crippen LogP contribution is -3.00. The summed E-state index contributed by atoms with van der Waals surface area (Å²) in [5.41, 5.74) is 3.61. The van der Waals surface area contributed by atoms with Gasteiger partial charge in [0.1, 0.15) is 12.3 Å². The van der Waals surface area contributed by atoms with Crippen LogP contribution in [-0.4, -0.2) is 31.7 Å². The normalized spacial score (nSPS) is 11.4. The zero-order valence-corrected chi connectivity index (χ0v) is 20.0. The Morgan fingerprint density at radius 2 is 1.74 bits per heavy atom. The molecule has 0 saturated heterocycles. The Morgan fingerprint density at radius 3 is 2.33 bits per heavy atom. The second kappa shape index (κ2) is 10.7. The van der Waals surface area contributed by atoms with Crippen molar-refractivity contribution >= 4 is 27.5 Å². The number of nitrogens with zero attached hydrogens (tertiary/aromatic N) is 1. The summed E-state index contributed by atoms with van der Waals surface area (Å²) in [6, 6.07) is 12.7. The van der Waals surface area contributed by atoms with E-state index < -0.39 is 0 Å². The van der Waals surface area contributed by atoms with Gasteiger partial charge < -0.3 is 21.6 Å². The number of benzene rings is 2. The van der Waals surface area contributed by atoms with Crippen LogP contribution < -0.4 is 17.1 Å². The smallest absolute Gasteiger partial charge is 0.123 e. The first-order valence-electron chi connectivity index (χ1n) is 9.17. The molecule has 0 aliphatic rings. The molecule has 0 bridgehead atoms. The van der Waals surface area contributed by atoms with Crippen LogP contribution >= 0.6 is 27.5 Å². The topological polar surface area (TPSA) is 9.23 Å². The molecule has 2 aromatic rings. The molecule has 0 unspecified atom stereocenters. The van der Waals surface area contributed by atoms with Gasteiger partial charge in [-0.05, 0) is 48.2 Å². The van der Waals surface area contributed by atoms with Crippen LogP contribution in [0.4, 0.5) is 0 Å². The van der Waals surface area contributed by atoms with Crippen molar-refractivity contribution in [1.29, 1.82) is 0 Å². The molecule has 0 atom stereocenters. The fraction of sp³-hybridized carbons (Fsp3) is 0.455. The van der Waals surface area contributed by atoms with Crippen LogP contribution in [-0.2, 0) is 6.54 Å². The average molecular weight is 475 g/mol. The number of quaternary nitrogens is 1. The third kappa shape index (κ3) is 7.65. The highest BCUT2D eigenvalue weighted by Gasteiger charge is 2.16. The minimum atomic E-state index is 0. The third-order valence-corrected chi connectivity index (χ3v) is 5.54. The van der Waals surface area contributed by atoms with E-state index in [1.54, 1.807) is 0 Å². The zero-order valence-electron chi connectivity index (χ0n) is 16.9. The molecular formula is C22H30BrCl2NO. The van der Waals surface area contributed by atoms with Crippen LogP contribution in [0.15, 0.2) is 40.9 Å². The van der Waals surface area contributed by atoms with Crippen molar-refractivity contribution in [3.8, 4) is 5.75 Å². The molecule has 0 radical (unpaired) electrons. The van der Waals surface area contributed by atoms with Crippen molar-refractivity contribution in [1.82, 2.24) is 0 Å². The van der Waals surface area contributed by atoms with Gasteiger partial charge in [-0.2, -0.15) is 0 Å². The summed E-state index contributed by atoms with van der Waals surface area (Å²) < 4.78 is 8.19. The van der Waals surface area contributed by atoms with E-state index in [2.05, 4.69) is 74.2 Å². The fourth-order valence-corrected chi connectivity index (χ4v) is 3.52. The number of rotatable bonds is 8. The SMILES string of the molecule is Cc1cc(OCCC[N+](C)(C)Cc2ccc(Br)cc2)c(C(C)C)cc1Cl.[Cl-]. The molecule has 0 saturated carbocycles. The van der Waals surface area contributed by atoms with Gasteiger partial charge in [0.15, 0.2) is 0 Å². The summed E-state index contributed by atoms with van der Waals surface area (Å²) >= 11 is 9.77. The Bertz CT molecular complexity index is 730. The van der Waals surface area contributed by atoms with Crippen molar-refractivity contribution in [2.75, 3.05) is 27.2 Å². The van der Waals surface area contributed by atoms with Crippen LogP contribution in [0.2, 0.25) is 5.02 Å². The molecule has 2 aromatic carbocycles. The number of hydrogen-bond acceptors (Lipinski definition) is 1. The molecule has 2 nitrogen and oxygen atoms in total. The Labute approximate surface area is 184 Å². The first-order chi connectivity index (χ1) is 12.2. The van der Waals surface area contributed by atoms with Crippen molar-refractivity contribution in [2.24, 2.45) is 0 Å². The Morgan fingerprint density at radius 1 is 1.11 bits per heavy atom. The molecule has 27 heavy (non-hydrogen) atoms. The van der Waals surface area contributed by atoms with E-state index >= 15 is 0 Å². The van der Waals surface area contributed by atoms with Crippen molar-refractivity contribution in [2.45, 2.75) is 39.7 Å². The summed E-state index contributed by atoms with van der Waals surface area (Å²) in [5, 5.41) is 0.813. The van der Waals surface area contributed by atoms with Crippen LogP contribution in [0.5, 0.6) is 5.75 Å². The van der Waals surface area contributed by atoms with E-state index in [-0.39, 0.29) is 12.4 Å². The lowest BCUT2D eigenvalue weighted by molar-refractivity contribution is -0.903. The Hall–Kier alpha value is -0.740. The largest absolute Gasteiger partial charge is 1.00 e. The molecule has 2 rings (SSSR count). The van der Waals surface area contributed by atoms with Crippen molar-refractivity contribution < 1.29 is 21.6 Å².